The van der Waals surface area contributed by atoms with Crippen molar-refractivity contribution in [1.29, 1.82) is 0 Å². The fourth-order valence-electron chi connectivity index (χ4n) is 3.08. The second kappa shape index (κ2) is 8.84. The van der Waals surface area contributed by atoms with Crippen molar-refractivity contribution in [1.82, 2.24) is 9.97 Å². The van der Waals surface area contributed by atoms with E-state index >= 15 is 0 Å². The van der Waals surface area contributed by atoms with Gasteiger partial charge in [-0.1, -0.05) is 33.1 Å². The summed E-state index contributed by atoms with van der Waals surface area (Å²) in [6.07, 6.45) is 7.49. The highest BCUT2D eigenvalue weighted by Gasteiger charge is 2.19. The van der Waals surface area contributed by atoms with Crippen LogP contribution < -0.4 is 9.47 Å². The summed E-state index contributed by atoms with van der Waals surface area (Å²) in [6.45, 7) is 5.84. The summed E-state index contributed by atoms with van der Waals surface area (Å²) in [7, 11) is 0. The van der Waals surface area contributed by atoms with Crippen LogP contribution in [0.3, 0.4) is 0 Å². The highest BCUT2D eigenvalue weighted by Crippen LogP contribution is 2.33. The Morgan fingerprint density at radius 2 is 1.24 bits per heavy atom. The number of aromatic nitrogens is 2. The molecule has 0 bridgehead atoms. The monoisotopic (exact) mass is 340 g/mol. The quantitative estimate of drug-likeness (QED) is 0.603. The summed E-state index contributed by atoms with van der Waals surface area (Å²) in [4.78, 5) is 9.41. The van der Waals surface area contributed by atoms with Crippen LogP contribution in [0.4, 0.5) is 0 Å². The van der Waals surface area contributed by atoms with Gasteiger partial charge in [0.1, 0.15) is 0 Å². The SMILES string of the molecule is CCCCCOc1ccc2c(n1)CCc1nc(OCCCC)ccc1-2. The number of rotatable bonds is 9. The predicted octanol–water partition coefficient (Wildman–Crippen LogP) is 4.99. The van der Waals surface area contributed by atoms with Crippen LogP contribution in [0.15, 0.2) is 24.3 Å². The molecule has 0 N–H and O–H groups in total. The van der Waals surface area contributed by atoms with Gasteiger partial charge in [-0.15, -0.1) is 0 Å². The first-order valence-electron chi connectivity index (χ1n) is 9.57. The van der Waals surface area contributed by atoms with Gasteiger partial charge in [0.05, 0.1) is 24.6 Å². The lowest BCUT2D eigenvalue weighted by Gasteiger charge is -2.19. The van der Waals surface area contributed by atoms with E-state index in [1.54, 1.807) is 0 Å². The molecule has 25 heavy (non-hydrogen) atoms. The topological polar surface area (TPSA) is 44.2 Å². The average molecular weight is 340 g/mol. The fourth-order valence-corrected chi connectivity index (χ4v) is 3.08. The van der Waals surface area contributed by atoms with E-state index in [-0.39, 0.29) is 0 Å². The van der Waals surface area contributed by atoms with Crippen molar-refractivity contribution in [2.24, 2.45) is 0 Å². The number of unbranched alkanes of at least 4 members (excludes halogenated alkanes) is 3. The molecule has 0 unspecified atom stereocenters. The van der Waals surface area contributed by atoms with Crippen molar-refractivity contribution >= 4 is 0 Å². The van der Waals surface area contributed by atoms with E-state index in [1.165, 1.54) is 24.0 Å². The molecule has 0 saturated carbocycles. The minimum atomic E-state index is 0.735. The Morgan fingerprint density at radius 3 is 1.76 bits per heavy atom. The van der Waals surface area contributed by atoms with Crippen molar-refractivity contribution in [3.8, 4) is 22.9 Å². The minimum Gasteiger partial charge on any atom is -0.478 e. The fraction of sp³-hybridized carbons (Fsp3) is 0.524. The number of fused-ring (bicyclic) bond motifs is 3. The lowest BCUT2D eigenvalue weighted by molar-refractivity contribution is 0.294. The van der Waals surface area contributed by atoms with E-state index in [4.69, 9.17) is 19.4 Å². The Hall–Kier alpha value is -2.10. The van der Waals surface area contributed by atoms with Gasteiger partial charge in [-0.2, -0.15) is 0 Å². The van der Waals surface area contributed by atoms with Crippen molar-refractivity contribution in [2.75, 3.05) is 13.2 Å². The van der Waals surface area contributed by atoms with Gasteiger partial charge in [0, 0.05) is 23.3 Å². The number of aryl methyl sites for hydroxylation is 2. The van der Waals surface area contributed by atoms with Crippen molar-refractivity contribution in [3.63, 3.8) is 0 Å². The van der Waals surface area contributed by atoms with Gasteiger partial charge >= 0.3 is 0 Å². The molecule has 2 aromatic rings. The Bertz CT molecular complexity index is 700. The second-order valence-corrected chi connectivity index (χ2v) is 6.55. The number of pyridine rings is 2. The molecule has 0 aliphatic heterocycles. The van der Waals surface area contributed by atoms with Crippen LogP contribution in [0.2, 0.25) is 0 Å². The van der Waals surface area contributed by atoms with E-state index in [0.29, 0.717) is 0 Å². The maximum Gasteiger partial charge on any atom is 0.213 e. The zero-order valence-corrected chi connectivity index (χ0v) is 15.4. The summed E-state index contributed by atoms with van der Waals surface area (Å²) in [5.74, 6) is 1.48. The molecule has 2 aromatic heterocycles. The molecule has 4 nitrogen and oxygen atoms in total. The lowest BCUT2D eigenvalue weighted by Crippen LogP contribution is -2.10. The first-order valence-corrected chi connectivity index (χ1v) is 9.57. The smallest absolute Gasteiger partial charge is 0.213 e. The largest absolute Gasteiger partial charge is 0.478 e. The third-order valence-electron chi connectivity index (χ3n) is 4.53. The predicted molar refractivity (Wildman–Crippen MR) is 100 cm³/mol. The molecule has 0 aromatic carbocycles. The molecular weight excluding hydrogens is 312 g/mol. The summed E-state index contributed by atoms with van der Waals surface area (Å²) in [5.41, 5.74) is 4.57. The van der Waals surface area contributed by atoms with Crippen LogP contribution in [0.25, 0.3) is 11.1 Å². The first kappa shape index (κ1) is 17.7. The van der Waals surface area contributed by atoms with Crippen LogP contribution in [-0.4, -0.2) is 23.2 Å². The molecular formula is C21H28N2O2. The normalized spacial score (nSPS) is 12.4. The lowest BCUT2D eigenvalue weighted by atomic mass is 9.92. The van der Waals surface area contributed by atoms with E-state index in [9.17, 15) is 0 Å². The molecule has 0 spiro atoms. The molecule has 134 valence electrons. The number of hydrogen-bond acceptors (Lipinski definition) is 4. The standard InChI is InChI=1S/C21H28N2O2/c1-3-5-7-15-25-21-13-9-17-16-8-12-20(24-14-6-4-2)22-18(16)10-11-19(17)23-21/h8-9,12-13H,3-7,10-11,14-15H2,1-2H3. The second-order valence-electron chi connectivity index (χ2n) is 6.55. The highest BCUT2D eigenvalue weighted by atomic mass is 16.5. The zero-order chi connectivity index (χ0) is 17.5. The van der Waals surface area contributed by atoms with E-state index in [1.807, 2.05) is 12.1 Å². The van der Waals surface area contributed by atoms with Crippen LogP contribution >= 0.6 is 0 Å². The maximum atomic E-state index is 5.79. The minimum absolute atomic E-state index is 0.735. The molecule has 0 radical (unpaired) electrons. The van der Waals surface area contributed by atoms with Gasteiger partial charge in [-0.25, -0.2) is 9.97 Å². The molecule has 0 atom stereocenters. The molecule has 2 heterocycles. The van der Waals surface area contributed by atoms with E-state index in [2.05, 4.69) is 26.0 Å². The van der Waals surface area contributed by atoms with Gasteiger partial charge in [0.2, 0.25) is 11.8 Å². The first-order chi connectivity index (χ1) is 12.3. The molecule has 0 amide bonds. The van der Waals surface area contributed by atoms with Crippen LogP contribution in [0, 0.1) is 0 Å². The molecule has 1 aliphatic rings. The third kappa shape index (κ3) is 4.50. The van der Waals surface area contributed by atoms with Crippen molar-refractivity contribution < 1.29 is 9.47 Å². The van der Waals surface area contributed by atoms with Gasteiger partial charge < -0.3 is 9.47 Å². The molecule has 1 aliphatic carbocycles. The summed E-state index contributed by atoms with van der Waals surface area (Å²) in [5, 5.41) is 0. The van der Waals surface area contributed by atoms with Crippen LogP contribution in [0.1, 0.15) is 57.3 Å². The Morgan fingerprint density at radius 1 is 0.720 bits per heavy atom. The van der Waals surface area contributed by atoms with Crippen LogP contribution in [-0.2, 0) is 12.8 Å². The maximum absolute atomic E-state index is 5.79. The van der Waals surface area contributed by atoms with Crippen molar-refractivity contribution in [2.45, 2.75) is 58.8 Å². The van der Waals surface area contributed by atoms with Gasteiger partial charge in [0.15, 0.2) is 0 Å². The van der Waals surface area contributed by atoms with Crippen LogP contribution in [0.5, 0.6) is 11.8 Å². The number of hydrogen-bond donors (Lipinski definition) is 0. The molecule has 3 rings (SSSR count). The van der Waals surface area contributed by atoms with E-state index in [0.717, 1.165) is 68.5 Å². The third-order valence-corrected chi connectivity index (χ3v) is 4.53. The van der Waals surface area contributed by atoms with Gasteiger partial charge in [-0.05, 0) is 37.8 Å². The number of ether oxygens (including phenoxy) is 2. The van der Waals surface area contributed by atoms with Gasteiger partial charge in [0.25, 0.3) is 0 Å². The molecule has 0 fully saturated rings. The van der Waals surface area contributed by atoms with Crippen molar-refractivity contribution in [3.05, 3.63) is 35.7 Å². The molecule has 4 heteroatoms. The Balaban J connectivity index is 1.70. The summed E-state index contributed by atoms with van der Waals surface area (Å²) in [6, 6.07) is 8.18. The Labute approximate surface area is 150 Å². The molecule has 0 saturated heterocycles. The summed E-state index contributed by atoms with van der Waals surface area (Å²) < 4.78 is 11.5. The number of nitrogens with zero attached hydrogens (tertiary/aromatic N) is 2. The van der Waals surface area contributed by atoms with Gasteiger partial charge in [-0.3, -0.25) is 0 Å². The summed E-state index contributed by atoms with van der Waals surface area (Å²) >= 11 is 0. The Kier molecular flexibility index (Phi) is 6.26. The zero-order valence-electron chi connectivity index (χ0n) is 15.4. The highest BCUT2D eigenvalue weighted by molar-refractivity contribution is 5.71. The van der Waals surface area contributed by atoms with E-state index < -0.39 is 0 Å². The average Bonchev–Trinajstić information content (AvgIpc) is 2.65.